The van der Waals surface area contributed by atoms with E-state index < -0.39 is 0 Å². The smallest absolute Gasteiger partial charge is 0.0718 e. The molecular weight excluding hydrogens is 230 g/mol. The Bertz CT molecular complexity index is 448. The summed E-state index contributed by atoms with van der Waals surface area (Å²) in [7, 11) is 4.07. The SMILES string of the molecule is CN(C)c1ccc(C(NN)c2ccsc2)cc1. The number of nitrogens with zero attached hydrogens (tertiary/aromatic N) is 1. The Hall–Kier alpha value is -1.36. The van der Waals surface area contributed by atoms with Crippen molar-refractivity contribution in [1.29, 1.82) is 0 Å². The third-order valence-corrected chi connectivity index (χ3v) is 3.49. The van der Waals surface area contributed by atoms with Gasteiger partial charge in [0.1, 0.15) is 0 Å². The number of anilines is 1. The first-order valence-corrected chi connectivity index (χ1v) is 6.42. The molecule has 1 aromatic carbocycles. The highest BCUT2D eigenvalue weighted by molar-refractivity contribution is 7.08. The van der Waals surface area contributed by atoms with Gasteiger partial charge in [0, 0.05) is 19.8 Å². The summed E-state index contributed by atoms with van der Waals surface area (Å²) < 4.78 is 0. The maximum Gasteiger partial charge on any atom is 0.0718 e. The molecule has 0 aliphatic heterocycles. The number of rotatable bonds is 4. The standard InChI is InChI=1S/C13H17N3S/c1-16(2)12-5-3-10(4-6-12)13(15-14)11-7-8-17-9-11/h3-9,13,15H,14H2,1-2H3. The van der Waals surface area contributed by atoms with E-state index in [4.69, 9.17) is 5.84 Å². The van der Waals surface area contributed by atoms with Crippen LogP contribution in [0.5, 0.6) is 0 Å². The minimum atomic E-state index is 0.0671. The van der Waals surface area contributed by atoms with Crippen LogP contribution in [0.3, 0.4) is 0 Å². The van der Waals surface area contributed by atoms with E-state index in [1.807, 2.05) is 14.1 Å². The van der Waals surface area contributed by atoms with E-state index in [2.05, 4.69) is 51.4 Å². The number of hydrazine groups is 1. The molecule has 0 spiro atoms. The molecule has 0 fully saturated rings. The van der Waals surface area contributed by atoms with E-state index in [0.717, 1.165) is 0 Å². The van der Waals surface area contributed by atoms with Gasteiger partial charge in [-0.15, -0.1) is 0 Å². The predicted molar refractivity (Wildman–Crippen MR) is 74.3 cm³/mol. The van der Waals surface area contributed by atoms with Crippen LogP contribution in [-0.4, -0.2) is 14.1 Å². The van der Waals surface area contributed by atoms with Gasteiger partial charge in [0.05, 0.1) is 6.04 Å². The zero-order chi connectivity index (χ0) is 12.3. The van der Waals surface area contributed by atoms with Crippen molar-refractivity contribution in [3.05, 3.63) is 52.2 Å². The van der Waals surface area contributed by atoms with Crippen LogP contribution in [0.2, 0.25) is 0 Å². The molecule has 17 heavy (non-hydrogen) atoms. The minimum absolute atomic E-state index is 0.0671. The average Bonchev–Trinajstić information content (AvgIpc) is 2.84. The van der Waals surface area contributed by atoms with Crippen LogP contribution in [0.25, 0.3) is 0 Å². The van der Waals surface area contributed by atoms with Gasteiger partial charge in [0.15, 0.2) is 0 Å². The average molecular weight is 247 g/mol. The van der Waals surface area contributed by atoms with Crippen molar-refractivity contribution in [1.82, 2.24) is 5.43 Å². The van der Waals surface area contributed by atoms with Gasteiger partial charge in [-0.05, 0) is 40.1 Å². The molecule has 0 radical (unpaired) electrons. The Morgan fingerprint density at radius 1 is 1.12 bits per heavy atom. The number of hydrogen-bond donors (Lipinski definition) is 2. The Labute approximate surface area is 106 Å². The van der Waals surface area contributed by atoms with Crippen LogP contribution in [-0.2, 0) is 0 Å². The molecule has 1 unspecified atom stereocenters. The number of nitrogens with two attached hydrogens (primary N) is 1. The molecule has 1 heterocycles. The van der Waals surface area contributed by atoms with E-state index in [-0.39, 0.29) is 6.04 Å². The maximum atomic E-state index is 5.64. The summed E-state index contributed by atoms with van der Waals surface area (Å²) in [5.74, 6) is 5.64. The second-order valence-electron chi connectivity index (χ2n) is 4.14. The van der Waals surface area contributed by atoms with Gasteiger partial charge in [0.25, 0.3) is 0 Å². The van der Waals surface area contributed by atoms with Crippen LogP contribution in [0.15, 0.2) is 41.1 Å². The van der Waals surface area contributed by atoms with E-state index in [9.17, 15) is 0 Å². The summed E-state index contributed by atoms with van der Waals surface area (Å²) in [6.45, 7) is 0. The molecular formula is C13H17N3S. The summed E-state index contributed by atoms with van der Waals surface area (Å²) in [6.07, 6.45) is 0. The van der Waals surface area contributed by atoms with Gasteiger partial charge in [0.2, 0.25) is 0 Å². The number of benzene rings is 1. The number of hydrogen-bond acceptors (Lipinski definition) is 4. The van der Waals surface area contributed by atoms with Crippen molar-refractivity contribution in [3.8, 4) is 0 Å². The van der Waals surface area contributed by atoms with Crippen molar-refractivity contribution in [2.45, 2.75) is 6.04 Å². The van der Waals surface area contributed by atoms with Gasteiger partial charge >= 0.3 is 0 Å². The monoisotopic (exact) mass is 247 g/mol. The third kappa shape index (κ3) is 2.66. The Kier molecular flexibility index (Phi) is 3.78. The maximum absolute atomic E-state index is 5.64. The Balaban J connectivity index is 2.26. The molecule has 0 amide bonds. The lowest BCUT2D eigenvalue weighted by Gasteiger charge is -2.17. The first kappa shape index (κ1) is 12.1. The summed E-state index contributed by atoms with van der Waals surface area (Å²) in [5, 5.41) is 4.18. The van der Waals surface area contributed by atoms with Crippen molar-refractivity contribution in [2.75, 3.05) is 19.0 Å². The molecule has 1 aromatic heterocycles. The highest BCUT2D eigenvalue weighted by Gasteiger charge is 2.12. The lowest BCUT2D eigenvalue weighted by molar-refractivity contribution is 0.639. The largest absolute Gasteiger partial charge is 0.378 e. The van der Waals surface area contributed by atoms with Gasteiger partial charge in [-0.1, -0.05) is 12.1 Å². The highest BCUT2D eigenvalue weighted by atomic mass is 32.1. The van der Waals surface area contributed by atoms with Crippen LogP contribution in [0.4, 0.5) is 5.69 Å². The second-order valence-corrected chi connectivity index (χ2v) is 4.92. The lowest BCUT2D eigenvalue weighted by atomic mass is 10.0. The molecule has 90 valence electrons. The first-order valence-electron chi connectivity index (χ1n) is 5.48. The van der Waals surface area contributed by atoms with E-state index in [1.54, 1.807) is 11.3 Å². The Morgan fingerprint density at radius 3 is 2.29 bits per heavy atom. The zero-order valence-electron chi connectivity index (χ0n) is 10.1. The first-order chi connectivity index (χ1) is 8.22. The normalized spacial score (nSPS) is 12.4. The fraction of sp³-hybridized carbons (Fsp3) is 0.231. The summed E-state index contributed by atoms with van der Waals surface area (Å²) in [5.41, 5.74) is 6.43. The van der Waals surface area contributed by atoms with Crippen molar-refractivity contribution in [2.24, 2.45) is 5.84 Å². The number of nitrogens with one attached hydrogen (secondary N) is 1. The van der Waals surface area contributed by atoms with Gasteiger partial charge in [-0.2, -0.15) is 11.3 Å². The summed E-state index contributed by atoms with van der Waals surface area (Å²) in [6, 6.07) is 10.6. The van der Waals surface area contributed by atoms with Crippen molar-refractivity contribution >= 4 is 17.0 Å². The molecule has 3 N–H and O–H groups in total. The molecule has 1 atom stereocenters. The van der Waals surface area contributed by atoms with Crippen LogP contribution in [0.1, 0.15) is 17.2 Å². The van der Waals surface area contributed by atoms with Crippen LogP contribution < -0.4 is 16.2 Å². The fourth-order valence-electron chi connectivity index (χ4n) is 1.79. The zero-order valence-corrected chi connectivity index (χ0v) is 10.9. The summed E-state index contributed by atoms with van der Waals surface area (Å²) >= 11 is 1.68. The Morgan fingerprint density at radius 2 is 1.82 bits per heavy atom. The minimum Gasteiger partial charge on any atom is -0.378 e. The quantitative estimate of drug-likeness (QED) is 0.644. The van der Waals surface area contributed by atoms with Gasteiger partial charge in [-0.25, -0.2) is 5.43 Å². The van der Waals surface area contributed by atoms with E-state index >= 15 is 0 Å². The van der Waals surface area contributed by atoms with Gasteiger partial charge in [-0.3, -0.25) is 5.84 Å². The predicted octanol–water partition coefficient (Wildman–Crippen LogP) is 2.37. The second kappa shape index (κ2) is 5.31. The molecule has 2 rings (SSSR count). The molecule has 0 bridgehead atoms. The van der Waals surface area contributed by atoms with Crippen molar-refractivity contribution in [3.63, 3.8) is 0 Å². The van der Waals surface area contributed by atoms with Crippen molar-refractivity contribution < 1.29 is 0 Å². The van der Waals surface area contributed by atoms with E-state index in [0.29, 0.717) is 0 Å². The van der Waals surface area contributed by atoms with Crippen LogP contribution >= 0.6 is 11.3 Å². The summed E-state index contributed by atoms with van der Waals surface area (Å²) in [4.78, 5) is 2.08. The molecule has 2 aromatic rings. The number of thiophene rings is 1. The highest BCUT2D eigenvalue weighted by Crippen LogP contribution is 2.24. The van der Waals surface area contributed by atoms with Gasteiger partial charge < -0.3 is 4.90 Å². The fourth-order valence-corrected chi connectivity index (χ4v) is 2.48. The van der Waals surface area contributed by atoms with E-state index in [1.165, 1.54) is 16.8 Å². The molecule has 4 heteroatoms. The third-order valence-electron chi connectivity index (χ3n) is 2.79. The van der Waals surface area contributed by atoms with Crippen LogP contribution in [0, 0.1) is 0 Å². The topological polar surface area (TPSA) is 41.3 Å². The lowest BCUT2D eigenvalue weighted by Crippen LogP contribution is -2.28. The molecule has 0 saturated carbocycles. The molecule has 3 nitrogen and oxygen atoms in total. The molecule has 0 aliphatic carbocycles. The molecule has 0 aliphatic rings. The molecule has 0 saturated heterocycles.